The third kappa shape index (κ3) is 3.58. The number of rotatable bonds is 4. The molecule has 11 heteroatoms. The number of hydrogen-bond acceptors (Lipinski definition) is 7. The van der Waals surface area contributed by atoms with E-state index < -0.39 is 26.9 Å². The van der Waals surface area contributed by atoms with Crippen molar-refractivity contribution in [2.24, 2.45) is 5.10 Å². The lowest BCUT2D eigenvalue weighted by Crippen LogP contribution is -2.39. The van der Waals surface area contributed by atoms with Crippen molar-refractivity contribution in [3.63, 3.8) is 0 Å². The summed E-state index contributed by atoms with van der Waals surface area (Å²) in [5, 5.41) is 3.75. The van der Waals surface area contributed by atoms with Gasteiger partial charge in [-0.3, -0.25) is 9.98 Å². The molecule has 21 heavy (non-hydrogen) atoms. The Morgan fingerprint density at radius 1 is 1.43 bits per heavy atom. The van der Waals surface area contributed by atoms with Gasteiger partial charge in [0.15, 0.2) is 0 Å². The van der Waals surface area contributed by atoms with Crippen LogP contribution in [0.3, 0.4) is 0 Å². The van der Waals surface area contributed by atoms with Gasteiger partial charge in [0.1, 0.15) is 10.6 Å². The van der Waals surface area contributed by atoms with Crippen molar-refractivity contribution in [3.05, 3.63) is 30.2 Å². The molecule has 0 bridgehead atoms. The van der Waals surface area contributed by atoms with Gasteiger partial charge in [-0.25, -0.2) is 5.43 Å². The number of hydrogen-bond donors (Lipinski definition) is 3. The highest BCUT2D eigenvalue weighted by Gasteiger charge is 2.20. The lowest BCUT2D eigenvalue weighted by molar-refractivity contribution is 0.232. The van der Waals surface area contributed by atoms with Crippen LogP contribution in [0.25, 0.3) is 0 Å². The van der Waals surface area contributed by atoms with E-state index in [0.717, 1.165) is 6.07 Å². The number of halogens is 2. The number of anilines is 1. The van der Waals surface area contributed by atoms with E-state index in [-0.39, 0.29) is 11.4 Å². The number of nitrogens with zero attached hydrogens (tertiary/aromatic N) is 2. The van der Waals surface area contributed by atoms with E-state index in [1.807, 2.05) is 5.43 Å². The van der Waals surface area contributed by atoms with E-state index in [2.05, 4.69) is 10.5 Å². The van der Waals surface area contributed by atoms with Gasteiger partial charge < -0.3 is 4.74 Å². The molecular formula is C10H10F2N4O4S. The first-order valence-electron chi connectivity index (χ1n) is 5.40. The number of hydrazine groups is 2. The molecule has 1 aromatic rings. The predicted octanol–water partition coefficient (Wildman–Crippen LogP) is 1.18. The molecule has 3 N–H and O–H groups in total. The monoisotopic (exact) mass is 320 g/mol. The van der Waals surface area contributed by atoms with E-state index in [1.165, 1.54) is 19.2 Å². The summed E-state index contributed by atoms with van der Waals surface area (Å²) in [7, 11) is -3.28. The lowest BCUT2D eigenvalue weighted by Gasteiger charge is -2.24. The Labute approximate surface area is 118 Å². The molecule has 0 amide bonds. The van der Waals surface area contributed by atoms with Gasteiger partial charge in [0, 0.05) is 12.1 Å². The summed E-state index contributed by atoms with van der Waals surface area (Å²) >= 11 is 0. The molecule has 0 saturated heterocycles. The molecule has 0 aromatic heterocycles. The summed E-state index contributed by atoms with van der Waals surface area (Å²) in [5.41, 5.74) is 4.10. The topological polar surface area (TPSA) is 103 Å². The third-order valence-electron chi connectivity index (χ3n) is 2.35. The largest absolute Gasteiger partial charge is 0.497 e. The molecule has 0 fully saturated rings. The first kappa shape index (κ1) is 15.0. The second-order valence-corrected chi connectivity index (χ2v) is 5.18. The standard InChI is InChI=1S/C10H10F2N4O4S/c1-20-6-2-3-7(8(4-6)21(17,18)19)13-16-14-9(11)5-10(12)15-16/h2-5,13-14H,1H3,(H,17,18,19). The van der Waals surface area contributed by atoms with Crippen LogP contribution in [-0.2, 0) is 10.1 Å². The smallest absolute Gasteiger partial charge is 0.296 e. The Kier molecular flexibility index (Phi) is 3.95. The van der Waals surface area contributed by atoms with Crippen LogP contribution < -0.4 is 15.6 Å². The van der Waals surface area contributed by atoms with E-state index in [9.17, 15) is 17.2 Å². The maximum Gasteiger partial charge on any atom is 0.296 e. The second kappa shape index (κ2) is 5.54. The van der Waals surface area contributed by atoms with Crippen LogP contribution in [0.1, 0.15) is 0 Å². The Balaban J connectivity index is 2.35. The van der Waals surface area contributed by atoms with Crippen LogP contribution in [0.2, 0.25) is 0 Å². The van der Waals surface area contributed by atoms with Crippen molar-refractivity contribution in [1.29, 1.82) is 0 Å². The zero-order valence-electron chi connectivity index (χ0n) is 10.5. The van der Waals surface area contributed by atoms with Crippen LogP contribution in [-0.4, -0.2) is 31.3 Å². The van der Waals surface area contributed by atoms with Crippen molar-refractivity contribution in [1.82, 2.24) is 10.7 Å². The van der Waals surface area contributed by atoms with Crippen LogP contribution in [0.15, 0.2) is 40.2 Å². The number of nitrogens with one attached hydrogen (secondary N) is 2. The van der Waals surface area contributed by atoms with E-state index >= 15 is 0 Å². The van der Waals surface area contributed by atoms with E-state index in [0.29, 0.717) is 11.3 Å². The summed E-state index contributed by atoms with van der Waals surface area (Å²) in [4.78, 5) is -0.547. The fraction of sp³-hybridized carbons (Fsp3) is 0.100. The first-order chi connectivity index (χ1) is 9.79. The van der Waals surface area contributed by atoms with E-state index in [4.69, 9.17) is 9.29 Å². The van der Waals surface area contributed by atoms with Crippen LogP contribution in [0.4, 0.5) is 14.5 Å². The average molecular weight is 320 g/mol. The Bertz CT molecular complexity index is 720. The summed E-state index contributed by atoms with van der Waals surface area (Å²) in [6, 6.07) is 3.65. The molecule has 0 unspecified atom stereocenters. The minimum absolute atomic E-state index is 0.167. The van der Waals surface area contributed by atoms with Crippen molar-refractivity contribution in [3.8, 4) is 5.75 Å². The number of benzene rings is 1. The molecule has 0 radical (unpaired) electrons. The highest BCUT2D eigenvalue weighted by molar-refractivity contribution is 7.86. The minimum Gasteiger partial charge on any atom is -0.497 e. The lowest BCUT2D eigenvalue weighted by atomic mass is 10.3. The number of allylic oxidation sites excluding steroid dienone is 1. The molecular weight excluding hydrogens is 310 g/mol. The zero-order valence-corrected chi connectivity index (χ0v) is 11.4. The van der Waals surface area contributed by atoms with Gasteiger partial charge in [-0.2, -0.15) is 17.2 Å². The Morgan fingerprint density at radius 3 is 2.71 bits per heavy atom. The molecule has 114 valence electrons. The number of ether oxygens (including phenoxy) is 1. The molecule has 0 spiro atoms. The first-order valence-corrected chi connectivity index (χ1v) is 6.84. The van der Waals surface area contributed by atoms with Gasteiger partial charge in [-0.1, -0.05) is 0 Å². The second-order valence-electron chi connectivity index (χ2n) is 3.79. The molecule has 0 atom stereocenters. The van der Waals surface area contributed by atoms with Crippen LogP contribution >= 0.6 is 0 Å². The Hall–Kier alpha value is -2.40. The van der Waals surface area contributed by atoms with Crippen LogP contribution in [0, 0.1) is 0 Å². The van der Waals surface area contributed by atoms with Crippen molar-refractivity contribution < 1.29 is 26.5 Å². The summed E-state index contributed by atoms with van der Waals surface area (Å²) < 4.78 is 62.6. The SMILES string of the molecule is COc1ccc(NN2N=C(F)C=C(F)N2)c(S(=O)(=O)O)c1. The zero-order chi connectivity index (χ0) is 15.6. The normalized spacial score (nSPS) is 15.0. The van der Waals surface area contributed by atoms with Gasteiger partial charge in [0.25, 0.3) is 10.1 Å². The summed E-state index contributed by atoms with van der Waals surface area (Å²) in [5.74, 6) is -2.02. The molecule has 0 aliphatic carbocycles. The molecule has 8 nitrogen and oxygen atoms in total. The molecule has 1 aromatic carbocycles. The van der Waals surface area contributed by atoms with Crippen molar-refractivity contribution in [2.45, 2.75) is 4.90 Å². The quantitative estimate of drug-likeness (QED) is 0.565. The highest BCUT2D eigenvalue weighted by Crippen LogP contribution is 2.26. The van der Waals surface area contributed by atoms with Crippen molar-refractivity contribution in [2.75, 3.05) is 12.5 Å². The molecule has 1 aliphatic heterocycles. The van der Waals surface area contributed by atoms with Gasteiger partial charge >= 0.3 is 0 Å². The summed E-state index contributed by atoms with van der Waals surface area (Å²) in [6.07, 6.45) is 0.496. The summed E-state index contributed by atoms with van der Waals surface area (Å²) in [6.45, 7) is 0. The van der Waals surface area contributed by atoms with Crippen molar-refractivity contribution >= 4 is 21.8 Å². The van der Waals surface area contributed by atoms with Gasteiger partial charge in [0.2, 0.25) is 11.9 Å². The average Bonchev–Trinajstić information content (AvgIpc) is 2.36. The minimum atomic E-state index is -4.59. The molecule has 2 rings (SSSR count). The molecule has 1 aliphatic rings. The maximum absolute atomic E-state index is 13.0. The highest BCUT2D eigenvalue weighted by atomic mass is 32.2. The maximum atomic E-state index is 13.0. The molecule has 0 saturated carbocycles. The fourth-order valence-electron chi connectivity index (χ4n) is 1.49. The van der Waals surface area contributed by atoms with Crippen LogP contribution in [0.5, 0.6) is 5.75 Å². The van der Waals surface area contributed by atoms with Gasteiger partial charge in [-0.05, 0) is 12.1 Å². The Morgan fingerprint density at radius 2 is 2.14 bits per heavy atom. The van der Waals surface area contributed by atoms with Gasteiger partial charge in [-0.15, -0.1) is 10.3 Å². The number of hydrazone groups is 1. The fourth-order valence-corrected chi connectivity index (χ4v) is 2.15. The number of methoxy groups -OCH3 is 1. The van der Waals surface area contributed by atoms with Gasteiger partial charge in [0.05, 0.1) is 12.8 Å². The van der Waals surface area contributed by atoms with E-state index in [1.54, 1.807) is 0 Å². The molecule has 1 heterocycles. The third-order valence-corrected chi connectivity index (χ3v) is 3.24. The predicted molar refractivity (Wildman–Crippen MR) is 69.1 cm³/mol.